The van der Waals surface area contributed by atoms with Gasteiger partial charge in [0.2, 0.25) is 0 Å². The monoisotopic (exact) mass is 592 g/mol. The SMILES string of the molecule is CCCCCCc1ccccc1.O=Cc1ccc(C(=O)Oc2ccc(C(=O)Oc3ccc(N4CCNCC4)cc3)cc2)cc1. The van der Waals surface area contributed by atoms with Crippen molar-refractivity contribution in [3.63, 3.8) is 0 Å². The third-order valence-corrected chi connectivity index (χ3v) is 7.27. The zero-order valence-corrected chi connectivity index (χ0v) is 25.2. The van der Waals surface area contributed by atoms with Crippen molar-refractivity contribution >= 4 is 23.9 Å². The number of esters is 2. The Morgan fingerprint density at radius 1 is 0.705 bits per heavy atom. The number of piperazine rings is 1. The molecule has 1 heterocycles. The molecule has 4 aromatic carbocycles. The van der Waals surface area contributed by atoms with Gasteiger partial charge in [0.1, 0.15) is 17.8 Å². The molecule has 228 valence electrons. The van der Waals surface area contributed by atoms with Gasteiger partial charge in [-0.1, -0.05) is 68.7 Å². The number of hydrogen-bond donors (Lipinski definition) is 1. The lowest BCUT2D eigenvalue weighted by atomic mass is 10.1. The minimum Gasteiger partial charge on any atom is -0.423 e. The summed E-state index contributed by atoms with van der Waals surface area (Å²) < 4.78 is 10.8. The van der Waals surface area contributed by atoms with E-state index >= 15 is 0 Å². The average Bonchev–Trinajstić information content (AvgIpc) is 3.08. The van der Waals surface area contributed by atoms with E-state index in [2.05, 4.69) is 47.5 Å². The molecule has 1 saturated heterocycles. The Bertz CT molecular complexity index is 1450. The molecular formula is C37H40N2O5. The largest absolute Gasteiger partial charge is 0.423 e. The van der Waals surface area contributed by atoms with Crippen molar-refractivity contribution in [1.29, 1.82) is 0 Å². The molecule has 5 rings (SSSR count). The Labute approximate surface area is 259 Å². The molecule has 44 heavy (non-hydrogen) atoms. The van der Waals surface area contributed by atoms with Crippen molar-refractivity contribution < 1.29 is 23.9 Å². The molecule has 1 aliphatic heterocycles. The van der Waals surface area contributed by atoms with Crippen LogP contribution in [0.2, 0.25) is 0 Å². The predicted octanol–water partition coefficient (Wildman–Crippen LogP) is 7.16. The van der Waals surface area contributed by atoms with Crippen LogP contribution in [0.25, 0.3) is 0 Å². The smallest absolute Gasteiger partial charge is 0.343 e. The number of aryl methyl sites for hydroxylation is 1. The van der Waals surface area contributed by atoms with Crippen LogP contribution in [0.15, 0.2) is 103 Å². The topological polar surface area (TPSA) is 84.9 Å². The first-order chi connectivity index (χ1) is 21.6. The van der Waals surface area contributed by atoms with Gasteiger partial charge in [-0.05, 0) is 79.1 Å². The summed E-state index contributed by atoms with van der Waals surface area (Å²) in [4.78, 5) is 37.6. The number of unbranched alkanes of at least 4 members (excludes halogenated alkanes) is 3. The number of hydrogen-bond acceptors (Lipinski definition) is 7. The van der Waals surface area contributed by atoms with Crippen molar-refractivity contribution in [2.24, 2.45) is 0 Å². The van der Waals surface area contributed by atoms with Crippen LogP contribution >= 0.6 is 0 Å². The molecule has 0 amide bonds. The first kappa shape index (κ1) is 32.2. The summed E-state index contributed by atoms with van der Waals surface area (Å²) in [5.41, 5.74) is 3.71. The van der Waals surface area contributed by atoms with E-state index in [1.807, 2.05) is 12.1 Å². The van der Waals surface area contributed by atoms with Crippen LogP contribution in [-0.4, -0.2) is 44.4 Å². The maximum absolute atomic E-state index is 12.4. The maximum atomic E-state index is 12.4. The van der Waals surface area contributed by atoms with Gasteiger partial charge < -0.3 is 19.7 Å². The van der Waals surface area contributed by atoms with Gasteiger partial charge in [0.05, 0.1) is 11.1 Å². The summed E-state index contributed by atoms with van der Waals surface area (Å²) in [6.07, 6.45) is 7.39. The Hall–Kier alpha value is -4.75. The summed E-state index contributed by atoms with van der Waals surface area (Å²) in [6.45, 7) is 6.05. The van der Waals surface area contributed by atoms with Gasteiger partial charge in [-0.3, -0.25) is 4.79 Å². The highest BCUT2D eigenvalue weighted by Crippen LogP contribution is 2.22. The number of carbonyl (C=O) groups is 3. The average molecular weight is 593 g/mol. The minimum absolute atomic E-state index is 0.298. The molecule has 0 aromatic heterocycles. The third-order valence-electron chi connectivity index (χ3n) is 7.27. The van der Waals surface area contributed by atoms with E-state index in [-0.39, 0.29) is 0 Å². The summed E-state index contributed by atoms with van der Waals surface area (Å²) in [7, 11) is 0. The lowest BCUT2D eigenvalue weighted by molar-refractivity contribution is 0.0730. The highest BCUT2D eigenvalue weighted by Gasteiger charge is 2.13. The lowest BCUT2D eigenvalue weighted by Crippen LogP contribution is -2.43. The fourth-order valence-electron chi connectivity index (χ4n) is 4.74. The van der Waals surface area contributed by atoms with Crippen molar-refractivity contribution in [2.75, 3.05) is 31.1 Å². The van der Waals surface area contributed by atoms with Crippen LogP contribution in [0, 0.1) is 0 Å². The van der Waals surface area contributed by atoms with Gasteiger partial charge in [-0.25, -0.2) is 9.59 Å². The van der Waals surface area contributed by atoms with E-state index in [4.69, 9.17) is 9.47 Å². The van der Waals surface area contributed by atoms with E-state index < -0.39 is 11.9 Å². The van der Waals surface area contributed by atoms with E-state index in [0.717, 1.165) is 31.9 Å². The molecular weight excluding hydrogens is 552 g/mol. The van der Waals surface area contributed by atoms with Crippen LogP contribution in [0.3, 0.4) is 0 Å². The van der Waals surface area contributed by atoms with Gasteiger partial charge >= 0.3 is 11.9 Å². The fraction of sp³-hybridized carbons (Fsp3) is 0.270. The summed E-state index contributed by atoms with van der Waals surface area (Å²) in [5.74, 6) is -0.292. The van der Waals surface area contributed by atoms with Crippen LogP contribution in [0.4, 0.5) is 5.69 Å². The third kappa shape index (κ3) is 10.2. The number of benzene rings is 4. The predicted molar refractivity (Wildman–Crippen MR) is 174 cm³/mol. The highest BCUT2D eigenvalue weighted by atomic mass is 16.5. The van der Waals surface area contributed by atoms with Gasteiger partial charge in [0, 0.05) is 37.4 Å². The second-order valence-corrected chi connectivity index (χ2v) is 10.6. The molecule has 1 fully saturated rings. The number of carbonyl (C=O) groups excluding carboxylic acids is 3. The number of nitrogens with one attached hydrogen (secondary N) is 1. The number of anilines is 1. The molecule has 0 saturated carbocycles. The summed E-state index contributed by atoms with van der Waals surface area (Å²) in [6, 6.07) is 30.4. The second kappa shape index (κ2) is 17.4. The molecule has 7 heteroatoms. The molecule has 1 aliphatic rings. The quantitative estimate of drug-likeness (QED) is 0.0856. The van der Waals surface area contributed by atoms with Gasteiger partial charge in [-0.2, -0.15) is 0 Å². The highest BCUT2D eigenvalue weighted by molar-refractivity contribution is 5.93. The van der Waals surface area contributed by atoms with Gasteiger partial charge in [-0.15, -0.1) is 0 Å². The number of aldehydes is 1. The van der Waals surface area contributed by atoms with Gasteiger partial charge in [0.15, 0.2) is 0 Å². The van der Waals surface area contributed by atoms with E-state index in [9.17, 15) is 14.4 Å². The second-order valence-electron chi connectivity index (χ2n) is 10.6. The first-order valence-corrected chi connectivity index (χ1v) is 15.2. The van der Waals surface area contributed by atoms with E-state index in [1.54, 1.807) is 24.3 Å². The Morgan fingerprint density at radius 2 is 1.25 bits per heavy atom. The first-order valence-electron chi connectivity index (χ1n) is 15.2. The van der Waals surface area contributed by atoms with Gasteiger partial charge in [0.25, 0.3) is 0 Å². The molecule has 1 N–H and O–H groups in total. The molecule has 4 aromatic rings. The normalized spacial score (nSPS) is 12.4. The standard InChI is InChI=1S/C25H22N2O5.C12H18/c28-17-18-1-3-19(4-2-18)24(29)31-22-9-5-20(6-10-22)25(30)32-23-11-7-21(8-12-23)27-15-13-26-14-16-27;1-2-3-4-6-9-12-10-7-5-8-11-12/h1-12,17,26H,13-16H2;5,7-8,10-11H,2-4,6,9H2,1H3. The molecule has 7 nitrogen and oxygen atoms in total. The zero-order chi connectivity index (χ0) is 31.0. The molecule has 0 unspecified atom stereocenters. The van der Waals surface area contributed by atoms with Crippen LogP contribution in [-0.2, 0) is 6.42 Å². The van der Waals surface area contributed by atoms with Crippen LogP contribution < -0.4 is 19.7 Å². The van der Waals surface area contributed by atoms with Crippen molar-refractivity contribution in [3.05, 3.63) is 125 Å². The Morgan fingerprint density at radius 3 is 1.80 bits per heavy atom. The molecule has 0 radical (unpaired) electrons. The van der Waals surface area contributed by atoms with Crippen LogP contribution in [0.5, 0.6) is 11.5 Å². The fourth-order valence-corrected chi connectivity index (χ4v) is 4.74. The Kier molecular flexibility index (Phi) is 12.7. The lowest BCUT2D eigenvalue weighted by Gasteiger charge is -2.29. The Balaban J connectivity index is 0.000000309. The van der Waals surface area contributed by atoms with E-state index in [1.165, 1.54) is 74.1 Å². The summed E-state index contributed by atoms with van der Waals surface area (Å²) in [5, 5.41) is 3.32. The number of ether oxygens (including phenoxy) is 2. The number of rotatable bonds is 11. The molecule has 0 bridgehead atoms. The number of nitrogens with zero attached hydrogens (tertiary/aromatic N) is 1. The maximum Gasteiger partial charge on any atom is 0.343 e. The van der Waals surface area contributed by atoms with Crippen molar-refractivity contribution in [1.82, 2.24) is 5.32 Å². The summed E-state index contributed by atoms with van der Waals surface area (Å²) >= 11 is 0. The molecule has 0 aliphatic carbocycles. The minimum atomic E-state index is -0.553. The van der Waals surface area contributed by atoms with Crippen molar-refractivity contribution in [3.8, 4) is 11.5 Å². The van der Waals surface area contributed by atoms with E-state index in [0.29, 0.717) is 34.5 Å². The molecule has 0 atom stereocenters. The zero-order valence-electron chi connectivity index (χ0n) is 25.2. The molecule has 0 spiro atoms. The van der Waals surface area contributed by atoms with Crippen molar-refractivity contribution in [2.45, 2.75) is 39.0 Å². The van der Waals surface area contributed by atoms with Crippen LogP contribution in [0.1, 0.15) is 69.2 Å².